The minimum absolute atomic E-state index is 0.0647. The topological polar surface area (TPSA) is 153 Å². The number of nitrogens with one attached hydrogen (secondary N) is 2. The lowest BCUT2D eigenvalue weighted by molar-refractivity contribution is -0.274. The van der Waals surface area contributed by atoms with Gasteiger partial charge in [0.1, 0.15) is 17.4 Å². The number of alkyl carbamates (subject to hydrolysis) is 1. The Bertz CT molecular complexity index is 1760. The molecule has 0 spiro atoms. The zero-order valence-corrected chi connectivity index (χ0v) is 26.0. The van der Waals surface area contributed by atoms with E-state index in [9.17, 15) is 40.0 Å². The molecular formula is C29H30F5N5O7S. The van der Waals surface area contributed by atoms with Crippen LogP contribution in [0.15, 0.2) is 51.8 Å². The summed E-state index contributed by atoms with van der Waals surface area (Å²) < 4.78 is 108. The standard InChI is InChI=1S/C29H30F5N5O7S/c1-27(2,3)46-26(41)36-20-14-47(42,43)22-9-6-17(23-37-38-24(44-23)18-11-28(30,31)15-35-12-18)10-21(22)39(25(20)40)13-16-4-7-19(8-5-16)45-29(32,33)34/h4-10,18,20,35H,11-15H2,1-3H3,(H,36,41)/t18?,20-/m0/s1. The van der Waals surface area contributed by atoms with Gasteiger partial charge in [0.2, 0.25) is 11.8 Å². The Morgan fingerprint density at radius 3 is 2.47 bits per heavy atom. The first kappa shape index (κ1) is 34.0. The van der Waals surface area contributed by atoms with Crippen molar-refractivity contribution in [1.29, 1.82) is 0 Å². The molecule has 0 radical (unpaired) electrons. The van der Waals surface area contributed by atoms with Gasteiger partial charge in [0.25, 0.3) is 11.8 Å². The molecular weight excluding hydrogens is 657 g/mol. The summed E-state index contributed by atoms with van der Waals surface area (Å²) in [6.07, 6.45) is -6.51. The lowest BCUT2D eigenvalue weighted by atomic mass is 9.97. The summed E-state index contributed by atoms with van der Waals surface area (Å²) in [5.74, 6) is -6.20. The fourth-order valence-electron chi connectivity index (χ4n) is 5.13. The van der Waals surface area contributed by atoms with Crippen molar-refractivity contribution in [3.63, 3.8) is 0 Å². The summed E-state index contributed by atoms with van der Waals surface area (Å²) in [4.78, 5) is 27.3. The Balaban J connectivity index is 1.53. The number of anilines is 1. The molecule has 2 amide bonds. The average molecular weight is 688 g/mol. The molecule has 47 heavy (non-hydrogen) atoms. The predicted molar refractivity (Wildman–Crippen MR) is 154 cm³/mol. The molecule has 12 nitrogen and oxygen atoms in total. The van der Waals surface area contributed by atoms with Crippen LogP contribution in [0.25, 0.3) is 11.5 Å². The molecule has 0 bridgehead atoms. The van der Waals surface area contributed by atoms with Gasteiger partial charge < -0.3 is 29.4 Å². The van der Waals surface area contributed by atoms with Crippen molar-refractivity contribution in [3.8, 4) is 17.2 Å². The van der Waals surface area contributed by atoms with E-state index in [1.54, 1.807) is 20.8 Å². The van der Waals surface area contributed by atoms with Gasteiger partial charge in [-0.05, 0) is 56.7 Å². The highest BCUT2D eigenvalue weighted by Gasteiger charge is 2.41. The molecule has 1 unspecified atom stereocenters. The van der Waals surface area contributed by atoms with Crippen molar-refractivity contribution in [3.05, 3.63) is 53.9 Å². The van der Waals surface area contributed by atoms with E-state index in [1.165, 1.54) is 30.3 Å². The quantitative estimate of drug-likeness (QED) is 0.353. The van der Waals surface area contributed by atoms with E-state index < -0.39 is 76.2 Å². The zero-order valence-electron chi connectivity index (χ0n) is 25.2. The Morgan fingerprint density at radius 1 is 1.13 bits per heavy atom. The van der Waals surface area contributed by atoms with E-state index in [-0.39, 0.29) is 46.6 Å². The average Bonchev–Trinajstić information content (AvgIpc) is 3.42. The molecule has 2 atom stereocenters. The Kier molecular flexibility index (Phi) is 8.95. The zero-order chi connectivity index (χ0) is 34.4. The lowest BCUT2D eigenvalue weighted by Gasteiger charge is -2.27. The van der Waals surface area contributed by atoms with Gasteiger partial charge in [0.15, 0.2) is 9.84 Å². The van der Waals surface area contributed by atoms with Gasteiger partial charge in [-0.1, -0.05) is 12.1 Å². The number of carbonyl (C=O) groups excluding carboxylic acids is 2. The van der Waals surface area contributed by atoms with Crippen molar-refractivity contribution in [2.24, 2.45) is 0 Å². The number of amides is 2. The van der Waals surface area contributed by atoms with Gasteiger partial charge in [-0.2, -0.15) is 0 Å². The largest absolute Gasteiger partial charge is 0.573 e. The third-order valence-electron chi connectivity index (χ3n) is 7.08. The molecule has 254 valence electrons. The number of aromatic nitrogens is 2. The van der Waals surface area contributed by atoms with Gasteiger partial charge in [-0.25, -0.2) is 22.0 Å². The molecule has 2 N–H and O–H groups in total. The number of hydrogen-bond donors (Lipinski definition) is 2. The number of alkyl halides is 5. The number of benzene rings is 2. The van der Waals surface area contributed by atoms with E-state index in [0.29, 0.717) is 0 Å². The SMILES string of the molecule is CC(C)(C)OC(=O)N[C@H]1CS(=O)(=O)c2ccc(-c3nnc(C4CNCC(F)(F)C4)o3)cc2N(Cc2ccc(OC(F)(F)F)cc2)C1=O. The molecule has 2 aliphatic rings. The van der Waals surface area contributed by atoms with Crippen molar-refractivity contribution >= 4 is 27.5 Å². The predicted octanol–water partition coefficient (Wildman–Crippen LogP) is 4.56. The number of fused-ring (bicyclic) bond motifs is 1. The van der Waals surface area contributed by atoms with Crippen LogP contribution < -0.4 is 20.3 Å². The van der Waals surface area contributed by atoms with E-state index in [1.807, 2.05) is 0 Å². The Hall–Kier alpha value is -4.32. The Morgan fingerprint density at radius 2 is 1.83 bits per heavy atom. The third-order valence-corrected chi connectivity index (χ3v) is 8.87. The molecule has 5 rings (SSSR count). The highest BCUT2D eigenvalue weighted by Crippen LogP contribution is 2.37. The number of hydrogen-bond acceptors (Lipinski definition) is 10. The summed E-state index contributed by atoms with van der Waals surface area (Å²) >= 11 is 0. The maximum atomic E-state index is 14.0. The minimum atomic E-state index is -4.94. The number of ether oxygens (including phenoxy) is 2. The first-order chi connectivity index (χ1) is 21.8. The van der Waals surface area contributed by atoms with Crippen LogP contribution in [0, 0.1) is 0 Å². The van der Waals surface area contributed by atoms with Crippen LogP contribution in [0.5, 0.6) is 5.75 Å². The first-order valence-corrected chi connectivity index (χ1v) is 15.9. The monoisotopic (exact) mass is 687 g/mol. The summed E-state index contributed by atoms with van der Waals surface area (Å²) in [6.45, 7) is 4.06. The molecule has 1 aromatic heterocycles. The molecule has 3 aromatic rings. The second kappa shape index (κ2) is 12.4. The van der Waals surface area contributed by atoms with Crippen LogP contribution in [-0.2, 0) is 25.9 Å². The highest BCUT2D eigenvalue weighted by atomic mass is 32.2. The smallest absolute Gasteiger partial charge is 0.444 e. The number of rotatable bonds is 6. The summed E-state index contributed by atoms with van der Waals surface area (Å²) in [5, 5.41) is 12.8. The van der Waals surface area contributed by atoms with Crippen LogP contribution in [0.3, 0.4) is 0 Å². The number of sulfone groups is 1. The van der Waals surface area contributed by atoms with E-state index in [0.717, 1.165) is 17.0 Å². The summed E-state index contributed by atoms with van der Waals surface area (Å²) in [5.41, 5.74) is -0.688. The first-order valence-electron chi connectivity index (χ1n) is 14.2. The molecule has 2 aromatic carbocycles. The van der Waals surface area contributed by atoms with Crippen LogP contribution in [0.2, 0.25) is 0 Å². The van der Waals surface area contributed by atoms with Gasteiger partial charge in [-0.3, -0.25) is 4.79 Å². The fourth-order valence-corrected chi connectivity index (χ4v) is 6.74. The number of carbonyl (C=O) groups is 2. The molecule has 1 fully saturated rings. The second-order valence-corrected chi connectivity index (χ2v) is 14.1. The minimum Gasteiger partial charge on any atom is -0.444 e. The van der Waals surface area contributed by atoms with E-state index in [2.05, 4.69) is 25.6 Å². The normalized spacial score (nSPS) is 21.0. The van der Waals surface area contributed by atoms with E-state index >= 15 is 0 Å². The highest BCUT2D eigenvalue weighted by molar-refractivity contribution is 7.91. The third kappa shape index (κ3) is 8.34. The molecule has 3 heterocycles. The van der Waals surface area contributed by atoms with Crippen molar-refractivity contribution in [2.45, 2.75) is 68.5 Å². The van der Waals surface area contributed by atoms with Gasteiger partial charge >= 0.3 is 12.5 Å². The van der Waals surface area contributed by atoms with Crippen LogP contribution >= 0.6 is 0 Å². The lowest BCUT2D eigenvalue weighted by Crippen LogP contribution is -2.51. The van der Waals surface area contributed by atoms with Crippen LogP contribution in [-0.4, -0.2) is 73.4 Å². The fraction of sp³-hybridized carbons (Fsp3) is 0.448. The number of piperidine rings is 1. The maximum Gasteiger partial charge on any atom is 0.573 e. The Labute approximate surface area is 265 Å². The molecule has 0 saturated carbocycles. The van der Waals surface area contributed by atoms with Crippen LogP contribution in [0.4, 0.5) is 32.4 Å². The molecule has 0 aliphatic carbocycles. The van der Waals surface area contributed by atoms with Gasteiger partial charge in [0, 0.05) is 18.5 Å². The molecule has 2 aliphatic heterocycles. The second-order valence-electron chi connectivity index (χ2n) is 12.1. The van der Waals surface area contributed by atoms with E-state index in [4.69, 9.17) is 9.15 Å². The van der Waals surface area contributed by atoms with Crippen molar-refractivity contribution in [1.82, 2.24) is 20.8 Å². The van der Waals surface area contributed by atoms with Crippen molar-refractivity contribution in [2.75, 3.05) is 23.7 Å². The van der Waals surface area contributed by atoms with Crippen molar-refractivity contribution < 1.29 is 53.8 Å². The maximum absolute atomic E-state index is 14.0. The van der Waals surface area contributed by atoms with Gasteiger partial charge in [0.05, 0.1) is 35.3 Å². The van der Waals surface area contributed by atoms with Crippen LogP contribution in [0.1, 0.15) is 44.6 Å². The van der Waals surface area contributed by atoms with Gasteiger partial charge in [-0.15, -0.1) is 23.4 Å². The summed E-state index contributed by atoms with van der Waals surface area (Å²) in [7, 11) is -4.26. The molecule has 18 heteroatoms. The molecule has 1 saturated heterocycles. The number of halogens is 5. The summed E-state index contributed by atoms with van der Waals surface area (Å²) in [6, 6.07) is 6.78. The number of nitrogens with zero attached hydrogens (tertiary/aromatic N) is 3.